The predicted molar refractivity (Wildman–Crippen MR) is 116 cm³/mol. The average Bonchev–Trinajstić information content (AvgIpc) is 3.13. The molecule has 0 saturated heterocycles. The van der Waals surface area contributed by atoms with Crippen LogP contribution in [0.2, 0.25) is 0 Å². The standard InChI is InChI=1S/C21H23N3O2S2/c1-13(2)16-11-17(14(3)10-18(16)26-4)19(25)22-20-23-24-21(28-20)27-12-15-8-6-5-7-9-15/h5-11,13H,12H2,1-4H3,(H,22,23,25). The number of benzene rings is 2. The molecule has 0 aliphatic carbocycles. The van der Waals surface area contributed by atoms with Crippen molar-refractivity contribution in [3.63, 3.8) is 0 Å². The summed E-state index contributed by atoms with van der Waals surface area (Å²) in [5.41, 5.74) is 3.72. The van der Waals surface area contributed by atoms with Crippen molar-refractivity contribution < 1.29 is 9.53 Å². The Labute approximate surface area is 173 Å². The van der Waals surface area contributed by atoms with Crippen molar-refractivity contribution in [1.82, 2.24) is 10.2 Å². The summed E-state index contributed by atoms with van der Waals surface area (Å²) in [4.78, 5) is 12.8. The van der Waals surface area contributed by atoms with E-state index >= 15 is 0 Å². The maximum Gasteiger partial charge on any atom is 0.257 e. The third-order valence-electron chi connectivity index (χ3n) is 4.28. The van der Waals surface area contributed by atoms with Gasteiger partial charge >= 0.3 is 0 Å². The molecule has 5 nitrogen and oxygen atoms in total. The molecule has 0 fully saturated rings. The number of ether oxygens (including phenoxy) is 1. The molecule has 0 aliphatic rings. The van der Waals surface area contributed by atoms with Crippen LogP contribution >= 0.6 is 23.1 Å². The van der Waals surface area contributed by atoms with Crippen LogP contribution < -0.4 is 10.1 Å². The lowest BCUT2D eigenvalue weighted by molar-refractivity contribution is 0.102. The number of hydrogen-bond donors (Lipinski definition) is 1. The summed E-state index contributed by atoms with van der Waals surface area (Å²) < 4.78 is 6.28. The topological polar surface area (TPSA) is 64.1 Å². The monoisotopic (exact) mass is 413 g/mol. The van der Waals surface area contributed by atoms with Crippen LogP contribution in [0.4, 0.5) is 5.13 Å². The first-order valence-corrected chi connectivity index (χ1v) is 10.8. The Hall–Kier alpha value is -2.38. The van der Waals surface area contributed by atoms with Gasteiger partial charge in [-0.25, -0.2) is 0 Å². The molecule has 0 unspecified atom stereocenters. The van der Waals surface area contributed by atoms with Gasteiger partial charge in [-0.3, -0.25) is 10.1 Å². The number of methoxy groups -OCH3 is 1. The van der Waals surface area contributed by atoms with Gasteiger partial charge in [0.25, 0.3) is 5.91 Å². The van der Waals surface area contributed by atoms with E-state index in [2.05, 4.69) is 41.5 Å². The molecular formula is C21H23N3O2S2. The summed E-state index contributed by atoms with van der Waals surface area (Å²) in [7, 11) is 1.65. The fourth-order valence-corrected chi connectivity index (χ4v) is 4.48. The summed E-state index contributed by atoms with van der Waals surface area (Å²) in [6.45, 7) is 6.06. The predicted octanol–water partition coefficient (Wildman–Crippen LogP) is 5.52. The van der Waals surface area contributed by atoms with Crippen molar-refractivity contribution >= 4 is 34.1 Å². The van der Waals surface area contributed by atoms with E-state index in [-0.39, 0.29) is 11.8 Å². The van der Waals surface area contributed by atoms with Crippen LogP contribution in [-0.2, 0) is 5.75 Å². The van der Waals surface area contributed by atoms with Crippen molar-refractivity contribution in [3.05, 3.63) is 64.7 Å². The van der Waals surface area contributed by atoms with Gasteiger partial charge in [-0.2, -0.15) is 0 Å². The van der Waals surface area contributed by atoms with E-state index in [1.807, 2.05) is 37.3 Å². The van der Waals surface area contributed by atoms with Gasteiger partial charge in [0.15, 0.2) is 4.34 Å². The van der Waals surface area contributed by atoms with Gasteiger partial charge in [-0.15, -0.1) is 10.2 Å². The minimum atomic E-state index is -0.183. The number of aromatic nitrogens is 2. The Kier molecular flexibility index (Phi) is 6.70. The number of carbonyl (C=O) groups excluding carboxylic acids is 1. The SMILES string of the molecule is COc1cc(C)c(C(=O)Nc2nnc(SCc3ccccc3)s2)cc1C(C)C. The molecule has 0 aliphatic heterocycles. The second-order valence-electron chi connectivity index (χ2n) is 6.67. The summed E-state index contributed by atoms with van der Waals surface area (Å²) in [6, 6.07) is 14.0. The van der Waals surface area contributed by atoms with E-state index in [9.17, 15) is 4.79 Å². The van der Waals surface area contributed by atoms with Crippen LogP contribution in [0.25, 0.3) is 0 Å². The molecule has 1 aromatic heterocycles. The van der Waals surface area contributed by atoms with Crippen LogP contribution in [0.3, 0.4) is 0 Å². The van der Waals surface area contributed by atoms with Gasteiger partial charge in [-0.1, -0.05) is 67.3 Å². The van der Waals surface area contributed by atoms with E-state index in [1.54, 1.807) is 18.9 Å². The molecule has 0 saturated carbocycles. The lowest BCUT2D eigenvalue weighted by Gasteiger charge is -2.15. The van der Waals surface area contributed by atoms with Crippen LogP contribution in [0, 0.1) is 6.92 Å². The lowest BCUT2D eigenvalue weighted by Crippen LogP contribution is -2.14. The number of anilines is 1. The van der Waals surface area contributed by atoms with Gasteiger partial charge in [0, 0.05) is 11.3 Å². The number of amides is 1. The fraction of sp³-hybridized carbons (Fsp3) is 0.286. The maximum absolute atomic E-state index is 12.8. The summed E-state index contributed by atoms with van der Waals surface area (Å²) in [5.74, 6) is 1.70. The molecule has 3 aromatic rings. The largest absolute Gasteiger partial charge is 0.496 e. The Morgan fingerprint density at radius 1 is 1.21 bits per heavy atom. The van der Waals surface area contributed by atoms with E-state index in [0.717, 1.165) is 27.0 Å². The van der Waals surface area contributed by atoms with Gasteiger partial charge in [0.1, 0.15) is 5.75 Å². The molecule has 1 amide bonds. The van der Waals surface area contributed by atoms with Crippen LogP contribution in [-0.4, -0.2) is 23.2 Å². The van der Waals surface area contributed by atoms with Crippen molar-refractivity contribution in [2.75, 3.05) is 12.4 Å². The molecule has 2 aromatic carbocycles. The first-order chi connectivity index (χ1) is 13.5. The number of carbonyl (C=O) groups is 1. The second-order valence-corrected chi connectivity index (χ2v) is 8.87. The summed E-state index contributed by atoms with van der Waals surface area (Å²) >= 11 is 2.99. The summed E-state index contributed by atoms with van der Waals surface area (Å²) in [5, 5.41) is 11.7. The van der Waals surface area contributed by atoms with Crippen molar-refractivity contribution in [1.29, 1.82) is 0 Å². The third kappa shape index (κ3) is 4.91. The van der Waals surface area contributed by atoms with Crippen LogP contribution in [0.1, 0.15) is 46.8 Å². The minimum Gasteiger partial charge on any atom is -0.496 e. The molecule has 3 rings (SSSR count). The highest BCUT2D eigenvalue weighted by molar-refractivity contribution is 8.00. The molecule has 7 heteroatoms. The molecular weight excluding hydrogens is 390 g/mol. The molecule has 146 valence electrons. The lowest BCUT2D eigenvalue weighted by atomic mass is 9.96. The first kappa shape index (κ1) is 20.4. The molecule has 0 radical (unpaired) electrons. The first-order valence-electron chi connectivity index (χ1n) is 8.98. The second kappa shape index (κ2) is 9.21. The number of rotatable bonds is 7. The normalized spacial score (nSPS) is 10.9. The number of nitrogens with zero attached hydrogens (tertiary/aromatic N) is 2. The van der Waals surface area contributed by atoms with Crippen LogP contribution in [0.15, 0.2) is 46.8 Å². The highest BCUT2D eigenvalue weighted by Crippen LogP contribution is 2.31. The van der Waals surface area contributed by atoms with Crippen molar-refractivity contribution in [2.24, 2.45) is 0 Å². The zero-order chi connectivity index (χ0) is 20.1. The number of nitrogens with one attached hydrogen (secondary N) is 1. The number of thioether (sulfide) groups is 1. The molecule has 0 spiro atoms. The molecule has 0 atom stereocenters. The number of aryl methyl sites for hydroxylation is 1. The third-order valence-corrected chi connectivity index (χ3v) is 6.32. The molecule has 0 bridgehead atoms. The van der Waals surface area contributed by atoms with Gasteiger partial charge in [-0.05, 0) is 41.7 Å². The Morgan fingerprint density at radius 3 is 2.64 bits per heavy atom. The van der Waals surface area contributed by atoms with E-state index < -0.39 is 0 Å². The van der Waals surface area contributed by atoms with Crippen molar-refractivity contribution in [2.45, 2.75) is 36.8 Å². The van der Waals surface area contributed by atoms with Gasteiger partial charge in [0.05, 0.1) is 7.11 Å². The summed E-state index contributed by atoms with van der Waals surface area (Å²) in [6.07, 6.45) is 0. The van der Waals surface area contributed by atoms with Crippen LogP contribution in [0.5, 0.6) is 5.75 Å². The average molecular weight is 414 g/mol. The van der Waals surface area contributed by atoms with E-state index in [1.165, 1.54) is 16.9 Å². The molecule has 1 heterocycles. The highest BCUT2D eigenvalue weighted by Gasteiger charge is 2.17. The van der Waals surface area contributed by atoms with Gasteiger partial charge < -0.3 is 4.74 Å². The quantitative estimate of drug-likeness (QED) is 0.408. The van der Waals surface area contributed by atoms with E-state index in [0.29, 0.717) is 10.7 Å². The Morgan fingerprint density at radius 2 is 1.96 bits per heavy atom. The zero-order valence-electron chi connectivity index (χ0n) is 16.4. The smallest absolute Gasteiger partial charge is 0.257 e. The molecule has 28 heavy (non-hydrogen) atoms. The van der Waals surface area contributed by atoms with E-state index in [4.69, 9.17) is 4.74 Å². The highest BCUT2D eigenvalue weighted by atomic mass is 32.2. The fourth-order valence-electron chi connectivity index (χ4n) is 2.77. The number of hydrogen-bond acceptors (Lipinski definition) is 6. The molecule has 1 N–H and O–H groups in total. The minimum absolute atomic E-state index is 0.183. The van der Waals surface area contributed by atoms with Crippen molar-refractivity contribution in [3.8, 4) is 5.75 Å². The maximum atomic E-state index is 12.8. The Bertz CT molecular complexity index is 956. The Balaban J connectivity index is 1.70. The zero-order valence-corrected chi connectivity index (χ0v) is 18.0. The van der Waals surface area contributed by atoms with Gasteiger partial charge in [0.2, 0.25) is 5.13 Å².